The highest BCUT2D eigenvalue weighted by atomic mass is 32.1. The van der Waals surface area contributed by atoms with E-state index in [1.165, 1.54) is 12.1 Å². The fourth-order valence-corrected chi connectivity index (χ4v) is 2.66. The Morgan fingerprint density at radius 2 is 2.10 bits per heavy atom. The second-order valence-corrected chi connectivity index (χ2v) is 5.81. The lowest BCUT2D eigenvalue weighted by atomic mass is 9.87. The van der Waals surface area contributed by atoms with Crippen LogP contribution in [-0.4, -0.2) is 46.6 Å². The zero-order chi connectivity index (χ0) is 15.6. The van der Waals surface area contributed by atoms with Crippen molar-refractivity contribution in [1.29, 1.82) is 0 Å². The van der Waals surface area contributed by atoms with Gasteiger partial charge in [0.1, 0.15) is 11.6 Å². The number of carbonyl (C=O) groups excluding carboxylic acids is 1. The van der Waals surface area contributed by atoms with E-state index in [9.17, 15) is 14.3 Å². The minimum absolute atomic E-state index is 0.137. The lowest BCUT2D eigenvalue weighted by Crippen LogP contribution is -2.61. The van der Waals surface area contributed by atoms with Crippen LogP contribution in [0.1, 0.15) is 23.2 Å². The van der Waals surface area contributed by atoms with E-state index in [-0.39, 0.29) is 16.3 Å². The number of hydrogen-bond donors (Lipinski definition) is 3. The summed E-state index contributed by atoms with van der Waals surface area (Å²) in [6.07, 6.45) is 1.18. The Balaban J connectivity index is 2.21. The monoisotopic (exact) mass is 311 g/mol. The minimum atomic E-state index is -0.788. The molecule has 1 aromatic rings. The summed E-state index contributed by atoms with van der Waals surface area (Å²) < 4.78 is 13.7. The van der Waals surface area contributed by atoms with Crippen LogP contribution in [0.4, 0.5) is 4.39 Å². The van der Waals surface area contributed by atoms with E-state index < -0.39 is 17.3 Å². The number of thiocarbonyl (C=S) groups is 1. The highest BCUT2D eigenvalue weighted by molar-refractivity contribution is 7.80. The van der Waals surface area contributed by atoms with Gasteiger partial charge in [0, 0.05) is 19.2 Å². The van der Waals surface area contributed by atoms with Crippen LogP contribution >= 0.6 is 12.2 Å². The van der Waals surface area contributed by atoms with Crippen LogP contribution in [0.2, 0.25) is 0 Å². The third-order valence-electron chi connectivity index (χ3n) is 3.86. The first-order valence-electron chi connectivity index (χ1n) is 6.63. The Morgan fingerprint density at radius 3 is 2.62 bits per heavy atom. The zero-order valence-electron chi connectivity index (χ0n) is 11.7. The van der Waals surface area contributed by atoms with Gasteiger partial charge in [0.15, 0.2) is 0 Å². The largest absolute Gasteiger partial charge is 0.508 e. The fourth-order valence-electron chi connectivity index (χ4n) is 2.41. The third kappa shape index (κ3) is 3.30. The third-order valence-corrected chi connectivity index (χ3v) is 4.25. The van der Waals surface area contributed by atoms with Crippen LogP contribution in [0.5, 0.6) is 5.75 Å². The lowest BCUT2D eigenvalue weighted by molar-refractivity contribution is 0.0886. The number of benzene rings is 1. The molecule has 0 aliphatic carbocycles. The molecule has 0 saturated carbocycles. The molecule has 0 spiro atoms. The van der Waals surface area contributed by atoms with Crippen molar-refractivity contribution in [2.45, 2.75) is 18.4 Å². The van der Waals surface area contributed by atoms with Gasteiger partial charge < -0.3 is 21.1 Å². The van der Waals surface area contributed by atoms with Crippen molar-refractivity contribution in [3.8, 4) is 5.75 Å². The van der Waals surface area contributed by atoms with E-state index >= 15 is 0 Å². The Bertz CT molecular complexity index is 571. The number of piperidine rings is 1. The van der Waals surface area contributed by atoms with Crippen LogP contribution in [-0.2, 0) is 0 Å². The minimum Gasteiger partial charge on any atom is -0.508 e. The van der Waals surface area contributed by atoms with Gasteiger partial charge in [0.2, 0.25) is 0 Å². The maximum Gasteiger partial charge on any atom is 0.255 e. The summed E-state index contributed by atoms with van der Waals surface area (Å²) >= 11 is 5.10. The van der Waals surface area contributed by atoms with Gasteiger partial charge >= 0.3 is 0 Å². The Kier molecular flexibility index (Phi) is 4.43. The van der Waals surface area contributed by atoms with Gasteiger partial charge in [-0.1, -0.05) is 12.2 Å². The molecule has 0 unspecified atom stereocenters. The summed E-state index contributed by atoms with van der Waals surface area (Å²) in [5.41, 5.74) is 4.88. The van der Waals surface area contributed by atoms with E-state index in [1.807, 2.05) is 7.05 Å². The molecule has 21 heavy (non-hydrogen) atoms. The number of phenolic OH excluding ortho intramolecular Hbond substituents is 1. The number of likely N-dealkylation sites (tertiary alicyclic amines) is 1. The maximum atomic E-state index is 13.7. The number of aromatic hydroxyl groups is 1. The summed E-state index contributed by atoms with van der Waals surface area (Å²) in [7, 11) is 1.98. The van der Waals surface area contributed by atoms with Gasteiger partial charge in [-0.25, -0.2) is 4.39 Å². The number of amides is 1. The molecule has 5 nitrogen and oxygen atoms in total. The van der Waals surface area contributed by atoms with E-state index in [0.29, 0.717) is 12.8 Å². The predicted octanol–water partition coefficient (Wildman–Crippen LogP) is 1.01. The van der Waals surface area contributed by atoms with Gasteiger partial charge in [0.25, 0.3) is 5.91 Å². The summed E-state index contributed by atoms with van der Waals surface area (Å²) in [5, 5.41) is 12.0. The first kappa shape index (κ1) is 15.7. The molecule has 0 atom stereocenters. The second-order valence-electron chi connectivity index (χ2n) is 5.37. The topological polar surface area (TPSA) is 78.6 Å². The maximum absolute atomic E-state index is 13.7. The Labute approximate surface area is 127 Å². The molecule has 1 amide bonds. The highest BCUT2D eigenvalue weighted by Gasteiger charge is 2.38. The van der Waals surface area contributed by atoms with Crippen molar-refractivity contribution in [1.82, 2.24) is 10.2 Å². The number of nitrogens with zero attached hydrogens (tertiary/aromatic N) is 1. The SMILES string of the molecule is CN1CCC(NC(=O)c2ccc(O)cc2F)(C(N)=S)CC1. The summed E-state index contributed by atoms with van der Waals surface area (Å²) in [6, 6.07) is 3.40. The van der Waals surface area contributed by atoms with Crippen molar-refractivity contribution >= 4 is 23.1 Å². The van der Waals surface area contributed by atoms with Gasteiger partial charge in [-0.3, -0.25) is 4.79 Å². The molecule has 2 rings (SSSR count). The van der Waals surface area contributed by atoms with Crippen LogP contribution in [0, 0.1) is 5.82 Å². The molecule has 114 valence electrons. The van der Waals surface area contributed by atoms with Crippen LogP contribution in [0.15, 0.2) is 18.2 Å². The number of nitrogens with one attached hydrogen (secondary N) is 1. The summed E-state index contributed by atoms with van der Waals surface area (Å²) in [6.45, 7) is 1.49. The first-order chi connectivity index (χ1) is 9.84. The van der Waals surface area contributed by atoms with Gasteiger partial charge in [-0.15, -0.1) is 0 Å². The number of rotatable bonds is 3. The number of hydrogen-bond acceptors (Lipinski definition) is 4. The summed E-state index contributed by atoms with van der Waals surface area (Å²) in [4.78, 5) is 14.6. The molecule has 7 heteroatoms. The van der Waals surface area contributed by atoms with E-state index in [0.717, 1.165) is 19.2 Å². The molecular formula is C14H18FN3O2S. The second kappa shape index (κ2) is 5.95. The Morgan fingerprint density at radius 1 is 1.48 bits per heavy atom. The smallest absolute Gasteiger partial charge is 0.255 e. The standard InChI is InChI=1S/C14H18FN3O2S/c1-18-6-4-14(5-7-18,13(16)21)17-12(20)10-3-2-9(19)8-11(10)15/h2-3,8,19H,4-7H2,1H3,(H2,16,21)(H,17,20). The number of carbonyl (C=O) groups is 1. The molecule has 1 saturated heterocycles. The molecule has 0 aromatic heterocycles. The van der Waals surface area contributed by atoms with E-state index in [1.54, 1.807) is 0 Å². The quantitative estimate of drug-likeness (QED) is 0.726. The van der Waals surface area contributed by atoms with Gasteiger partial charge in [-0.2, -0.15) is 0 Å². The Hall–Kier alpha value is -1.73. The molecule has 1 heterocycles. The van der Waals surface area contributed by atoms with E-state index in [2.05, 4.69) is 10.2 Å². The van der Waals surface area contributed by atoms with Crippen molar-refractivity contribution in [3.05, 3.63) is 29.6 Å². The fraction of sp³-hybridized carbons (Fsp3) is 0.429. The number of nitrogens with two attached hydrogens (primary N) is 1. The molecular weight excluding hydrogens is 293 g/mol. The lowest BCUT2D eigenvalue weighted by Gasteiger charge is -2.40. The normalized spacial score (nSPS) is 18.2. The molecule has 1 aromatic carbocycles. The predicted molar refractivity (Wildman–Crippen MR) is 81.8 cm³/mol. The van der Waals surface area contributed by atoms with Crippen molar-refractivity contribution in [2.75, 3.05) is 20.1 Å². The molecule has 0 bridgehead atoms. The van der Waals surface area contributed by atoms with Crippen LogP contribution in [0.3, 0.4) is 0 Å². The van der Waals surface area contributed by atoms with Crippen molar-refractivity contribution in [2.24, 2.45) is 5.73 Å². The average molecular weight is 311 g/mol. The molecule has 1 aliphatic rings. The van der Waals surface area contributed by atoms with E-state index in [4.69, 9.17) is 18.0 Å². The van der Waals surface area contributed by atoms with Crippen molar-refractivity contribution in [3.63, 3.8) is 0 Å². The van der Waals surface area contributed by atoms with Crippen LogP contribution < -0.4 is 11.1 Å². The number of halogens is 1. The van der Waals surface area contributed by atoms with Gasteiger partial charge in [0.05, 0.1) is 16.1 Å². The molecule has 1 aliphatic heterocycles. The highest BCUT2D eigenvalue weighted by Crippen LogP contribution is 2.24. The summed E-state index contributed by atoms with van der Waals surface area (Å²) in [5.74, 6) is -1.59. The molecule has 0 radical (unpaired) electrons. The zero-order valence-corrected chi connectivity index (χ0v) is 12.5. The van der Waals surface area contributed by atoms with Gasteiger partial charge in [-0.05, 0) is 32.0 Å². The van der Waals surface area contributed by atoms with Crippen molar-refractivity contribution < 1.29 is 14.3 Å². The number of phenols is 1. The first-order valence-corrected chi connectivity index (χ1v) is 7.04. The van der Waals surface area contributed by atoms with Crippen LogP contribution in [0.25, 0.3) is 0 Å². The average Bonchev–Trinajstić information content (AvgIpc) is 2.41. The molecule has 4 N–H and O–H groups in total. The molecule has 1 fully saturated rings.